The number of rotatable bonds is 1. The molecule has 1 radical (unpaired) electrons. The molecule has 0 aliphatic rings. The number of hydrogen-bond donors (Lipinski definition) is 0. The zero-order valence-electron chi connectivity index (χ0n) is 5.43. The van der Waals surface area contributed by atoms with Gasteiger partial charge in [-0.2, -0.15) is 0 Å². The van der Waals surface area contributed by atoms with E-state index in [1.165, 1.54) is 12.1 Å². The average molecular weight is 157 g/mol. The van der Waals surface area contributed by atoms with E-state index in [1.807, 2.05) is 0 Å². The molecule has 0 aromatic heterocycles. The van der Waals surface area contributed by atoms with Gasteiger partial charge in [-0.05, 0) is 19.1 Å². The molecule has 0 spiro atoms. The Kier molecular flexibility index (Phi) is 2.29. The van der Waals surface area contributed by atoms with Crippen molar-refractivity contribution in [3.05, 3.63) is 29.6 Å². The SMILES string of the molecule is Cc1c(F)cccc1S[O]. The molecule has 0 unspecified atom stereocenters. The van der Waals surface area contributed by atoms with Crippen molar-refractivity contribution in [1.82, 2.24) is 0 Å². The van der Waals surface area contributed by atoms with Crippen LogP contribution in [0.5, 0.6) is 0 Å². The summed E-state index contributed by atoms with van der Waals surface area (Å²) in [5.41, 5.74) is 0.433. The van der Waals surface area contributed by atoms with Crippen molar-refractivity contribution in [2.75, 3.05) is 0 Å². The Morgan fingerprint density at radius 2 is 2.20 bits per heavy atom. The highest BCUT2D eigenvalue weighted by Crippen LogP contribution is 2.21. The maximum Gasteiger partial charge on any atom is 0.127 e. The Bertz CT molecular complexity index is 237. The van der Waals surface area contributed by atoms with Gasteiger partial charge in [-0.3, -0.25) is 0 Å². The summed E-state index contributed by atoms with van der Waals surface area (Å²) < 4.78 is 22.9. The van der Waals surface area contributed by atoms with Crippen LogP contribution >= 0.6 is 12.0 Å². The fraction of sp³-hybridized carbons (Fsp3) is 0.143. The van der Waals surface area contributed by atoms with Gasteiger partial charge in [-0.15, -0.1) is 4.55 Å². The minimum absolute atomic E-state index is 0.319. The highest BCUT2D eigenvalue weighted by atomic mass is 32.2. The monoisotopic (exact) mass is 157 g/mol. The Morgan fingerprint density at radius 1 is 1.50 bits per heavy atom. The molecule has 0 bridgehead atoms. The van der Waals surface area contributed by atoms with Gasteiger partial charge >= 0.3 is 0 Å². The van der Waals surface area contributed by atoms with Gasteiger partial charge in [-0.1, -0.05) is 6.07 Å². The quantitative estimate of drug-likeness (QED) is 0.573. The summed E-state index contributed by atoms with van der Waals surface area (Å²) >= 11 is 0.320. The van der Waals surface area contributed by atoms with Crippen LogP contribution < -0.4 is 0 Å². The van der Waals surface area contributed by atoms with E-state index in [-0.39, 0.29) is 5.82 Å². The molecule has 0 N–H and O–H groups in total. The van der Waals surface area contributed by atoms with Gasteiger partial charge < -0.3 is 0 Å². The number of hydrogen-bond acceptors (Lipinski definition) is 1. The molecule has 3 heteroatoms. The zero-order chi connectivity index (χ0) is 7.56. The third-order valence-corrected chi connectivity index (χ3v) is 1.93. The summed E-state index contributed by atoms with van der Waals surface area (Å²) in [5.74, 6) is -0.319. The smallest absolute Gasteiger partial charge is 0.127 e. The van der Waals surface area contributed by atoms with Gasteiger partial charge in [0.15, 0.2) is 0 Å². The Hall–Kier alpha value is -0.540. The average Bonchev–Trinajstić information content (AvgIpc) is 1.95. The van der Waals surface area contributed by atoms with Crippen molar-refractivity contribution in [3.63, 3.8) is 0 Å². The molecule has 1 nitrogen and oxygen atoms in total. The fourth-order valence-electron chi connectivity index (χ4n) is 0.678. The van der Waals surface area contributed by atoms with Crippen molar-refractivity contribution in [2.45, 2.75) is 11.8 Å². The van der Waals surface area contributed by atoms with Crippen LogP contribution in [0, 0.1) is 12.7 Å². The summed E-state index contributed by atoms with van der Waals surface area (Å²) in [5, 5.41) is 0. The highest BCUT2D eigenvalue weighted by molar-refractivity contribution is 7.93. The van der Waals surface area contributed by atoms with Crippen LogP contribution in [0.3, 0.4) is 0 Å². The lowest BCUT2D eigenvalue weighted by Crippen LogP contribution is -1.83. The van der Waals surface area contributed by atoms with Crippen molar-refractivity contribution >= 4 is 12.0 Å². The van der Waals surface area contributed by atoms with Gasteiger partial charge in [0, 0.05) is 10.5 Å². The molecule has 53 valence electrons. The maximum atomic E-state index is 12.6. The molecule has 0 amide bonds. The summed E-state index contributed by atoms with van der Waals surface area (Å²) in [6, 6.07) is 4.48. The predicted octanol–water partition coefficient (Wildman–Crippen LogP) is 2.57. The first kappa shape index (κ1) is 7.57. The second kappa shape index (κ2) is 3.03. The first-order chi connectivity index (χ1) is 4.75. The molecular weight excluding hydrogens is 151 g/mol. The van der Waals surface area contributed by atoms with Gasteiger partial charge in [0.05, 0.1) is 12.0 Å². The molecule has 0 fully saturated rings. The van der Waals surface area contributed by atoms with Crippen LogP contribution in [-0.2, 0) is 4.55 Å². The standard InChI is InChI=1S/C7H6FOS/c1-5-6(8)3-2-4-7(5)10-9/h2-4H,1H3. The first-order valence-electron chi connectivity index (χ1n) is 2.80. The highest BCUT2D eigenvalue weighted by Gasteiger charge is 2.01. The van der Waals surface area contributed by atoms with Crippen molar-refractivity contribution in [2.24, 2.45) is 0 Å². The van der Waals surface area contributed by atoms with Crippen LogP contribution in [-0.4, -0.2) is 0 Å². The lowest BCUT2D eigenvalue weighted by molar-refractivity contribution is 0.529. The van der Waals surface area contributed by atoms with E-state index in [2.05, 4.69) is 0 Å². The van der Waals surface area contributed by atoms with Gasteiger partial charge in [0.25, 0.3) is 0 Å². The van der Waals surface area contributed by atoms with Crippen molar-refractivity contribution in [1.29, 1.82) is 0 Å². The summed E-state index contributed by atoms with van der Waals surface area (Å²) in [6.07, 6.45) is 0. The Labute approximate surface area is 63.1 Å². The maximum absolute atomic E-state index is 12.6. The molecular formula is C7H6FOS. The molecule has 1 rings (SSSR count). The fourth-order valence-corrected chi connectivity index (χ4v) is 1.03. The summed E-state index contributed by atoms with van der Waals surface area (Å²) in [7, 11) is 0. The number of benzene rings is 1. The lowest BCUT2D eigenvalue weighted by atomic mass is 10.2. The van der Waals surface area contributed by atoms with E-state index in [0.29, 0.717) is 22.5 Å². The second-order valence-corrected chi connectivity index (χ2v) is 2.55. The Balaban J connectivity index is 3.14. The second-order valence-electron chi connectivity index (χ2n) is 1.95. The summed E-state index contributed by atoms with van der Waals surface area (Å²) in [6.45, 7) is 1.59. The van der Waals surface area contributed by atoms with E-state index in [0.717, 1.165) is 0 Å². The van der Waals surface area contributed by atoms with Crippen molar-refractivity contribution in [3.8, 4) is 0 Å². The van der Waals surface area contributed by atoms with Crippen LogP contribution in [0.1, 0.15) is 5.56 Å². The molecule has 0 atom stereocenters. The van der Waals surface area contributed by atoms with Gasteiger partial charge in [-0.25, -0.2) is 4.39 Å². The molecule has 0 saturated heterocycles. The molecule has 10 heavy (non-hydrogen) atoms. The molecule has 0 saturated carbocycles. The van der Waals surface area contributed by atoms with Crippen LogP contribution in [0.15, 0.2) is 23.1 Å². The van der Waals surface area contributed by atoms with E-state index >= 15 is 0 Å². The minimum Gasteiger partial charge on any atom is -0.207 e. The lowest BCUT2D eigenvalue weighted by Gasteiger charge is -1.98. The van der Waals surface area contributed by atoms with Crippen LogP contribution in [0.25, 0.3) is 0 Å². The molecule has 0 heterocycles. The first-order valence-corrected chi connectivity index (χ1v) is 3.55. The molecule has 0 aliphatic heterocycles. The van der Waals surface area contributed by atoms with E-state index in [9.17, 15) is 8.94 Å². The normalized spacial score (nSPS) is 9.90. The Morgan fingerprint density at radius 3 is 2.70 bits per heavy atom. The van der Waals surface area contributed by atoms with E-state index in [4.69, 9.17) is 0 Å². The zero-order valence-corrected chi connectivity index (χ0v) is 6.24. The predicted molar refractivity (Wildman–Crippen MR) is 37.7 cm³/mol. The molecule has 0 aliphatic carbocycles. The third kappa shape index (κ3) is 1.30. The van der Waals surface area contributed by atoms with Gasteiger partial charge in [0.1, 0.15) is 5.82 Å². The summed E-state index contributed by atoms with van der Waals surface area (Å²) in [4.78, 5) is 0.458. The van der Waals surface area contributed by atoms with Crippen LogP contribution in [0.4, 0.5) is 4.39 Å². The molecule has 1 aromatic rings. The van der Waals surface area contributed by atoms with E-state index < -0.39 is 0 Å². The topological polar surface area (TPSA) is 19.9 Å². The van der Waals surface area contributed by atoms with Gasteiger partial charge in [0.2, 0.25) is 0 Å². The minimum atomic E-state index is -0.319. The third-order valence-electron chi connectivity index (χ3n) is 1.31. The molecule has 1 aromatic carbocycles. The van der Waals surface area contributed by atoms with E-state index in [1.54, 1.807) is 13.0 Å². The van der Waals surface area contributed by atoms with Crippen LogP contribution in [0.2, 0.25) is 0 Å². The largest absolute Gasteiger partial charge is 0.207 e. The van der Waals surface area contributed by atoms with Crippen molar-refractivity contribution < 1.29 is 8.94 Å². The number of halogens is 1.